The molecule has 2 rings (SSSR count). The molecule has 0 aromatic heterocycles. The summed E-state index contributed by atoms with van der Waals surface area (Å²) in [5, 5.41) is 0. The Morgan fingerprint density at radius 2 is 2.29 bits per heavy atom. The Hall–Kier alpha value is -0.860. The molecule has 1 heterocycles. The molecule has 94 valence electrons. The fourth-order valence-corrected chi connectivity index (χ4v) is 2.85. The number of likely N-dealkylation sites (tertiary alicyclic amines) is 1. The van der Waals surface area contributed by atoms with E-state index in [1.807, 2.05) is 0 Å². The summed E-state index contributed by atoms with van der Waals surface area (Å²) in [7, 11) is 2.22. The zero-order valence-electron chi connectivity index (χ0n) is 11.0. The van der Waals surface area contributed by atoms with Gasteiger partial charge in [-0.05, 0) is 55.9 Å². The first kappa shape index (κ1) is 12.6. The van der Waals surface area contributed by atoms with Gasteiger partial charge in [0.05, 0.1) is 0 Å². The lowest BCUT2D eigenvalue weighted by molar-refractivity contribution is 0.377. The minimum absolute atomic E-state index is 0.665. The van der Waals surface area contributed by atoms with Crippen molar-refractivity contribution < 1.29 is 0 Å². The molecule has 0 radical (unpaired) electrons. The Balaban J connectivity index is 2.07. The Morgan fingerprint density at radius 3 is 2.94 bits per heavy atom. The Kier molecular flexibility index (Phi) is 4.19. The number of rotatable bonds is 4. The molecule has 1 aromatic carbocycles. The van der Waals surface area contributed by atoms with Gasteiger partial charge in [-0.25, -0.2) is 0 Å². The maximum atomic E-state index is 5.62. The van der Waals surface area contributed by atoms with Gasteiger partial charge in [-0.1, -0.05) is 31.2 Å². The topological polar surface area (TPSA) is 29.3 Å². The van der Waals surface area contributed by atoms with E-state index in [1.165, 1.54) is 30.6 Å². The minimum atomic E-state index is 0.665. The first-order valence-electron chi connectivity index (χ1n) is 6.68. The summed E-state index contributed by atoms with van der Waals surface area (Å²) in [5.41, 5.74) is 8.48. The molecule has 1 aliphatic heterocycles. The predicted octanol–water partition coefficient (Wildman–Crippen LogP) is 2.24. The molecule has 2 nitrogen and oxygen atoms in total. The molecule has 2 N–H and O–H groups in total. The third-order valence-corrected chi connectivity index (χ3v) is 4.04. The first-order valence-corrected chi connectivity index (χ1v) is 6.68. The number of benzene rings is 1. The van der Waals surface area contributed by atoms with Crippen molar-refractivity contribution >= 4 is 0 Å². The maximum absolute atomic E-state index is 5.62. The van der Waals surface area contributed by atoms with Gasteiger partial charge < -0.3 is 10.6 Å². The highest BCUT2D eigenvalue weighted by molar-refractivity contribution is 5.27. The highest BCUT2D eigenvalue weighted by atomic mass is 15.1. The van der Waals surface area contributed by atoms with Gasteiger partial charge in [-0.3, -0.25) is 0 Å². The third kappa shape index (κ3) is 3.08. The molecule has 2 unspecified atom stereocenters. The van der Waals surface area contributed by atoms with Crippen LogP contribution in [0, 0.1) is 5.92 Å². The van der Waals surface area contributed by atoms with Gasteiger partial charge in [0.15, 0.2) is 0 Å². The number of nitrogens with two attached hydrogens (primary N) is 1. The number of hydrogen-bond acceptors (Lipinski definition) is 2. The van der Waals surface area contributed by atoms with Gasteiger partial charge in [-0.15, -0.1) is 0 Å². The van der Waals surface area contributed by atoms with Crippen LogP contribution in [0.15, 0.2) is 24.3 Å². The molecule has 1 aliphatic rings. The smallest absolute Gasteiger partial charge is 0.00128 e. The van der Waals surface area contributed by atoms with Crippen LogP contribution in [0.3, 0.4) is 0 Å². The molecule has 0 aliphatic carbocycles. The first-order chi connectivity index (χ1) is 8.20. The standard InChI is InChI=1S/C15H24N2/c1-12(15-7-9-17(2)11-15)14-5-3-4-13(10-14)6-8-16/h3-5,10,12,15H,6-9,11,16H2,1-2H3. The second kappa shape index (κ2) is 5.65. The third-order valence-electron chi connectivity index (χ3n) is 4.04. The van der Waals surface area contributed by atoms with Crippen molar-refractivity contribution in [3.8, 4) is 0 Å². The molecule has 0 spiro atoms. The average molecular weight is 232 g/mol. The van der Waals surface area contributed by atoms with Crippen LogP contribution in [0.5, 0.6) is 0 Å². The largest absolute Gasteiger partial charge is 0.330 e. The van der Waals surface area contributed by atoms with E-state index in [2.05, 4.69) is 43.1 Å². The summed E-state index contributed by atoms with van der Waals surface area (Å²) in [6.07, 6.45) is 2.32. The summed E-state index contributed by atoms with van der Waals surface area (Å²) in [5.74, 6) is 1.48. The molecular weight excluding hydrogens is 208 g/mol. The van der Waals surface area contributed by atoms with Crippen molar-refractivity contribution in [2.75, 3.05) is 26.7 Å². The Labute approximate surface area is 105 Å². The zero-order valence-corrected chi connectivity index (χ0v) is 11.0. The van der Waals surface area contributed by atoms with Gasteiger partial charge in [-0.2, -0.15) is 0 Å². The van der Waals surface area contributed by atoms with Gasteiger partial charge in [0.1, 0.15) is 0 Å². The van der Waals surface area contributed by atoms with Crippen LogP contribution in [0.1, 0.15) is 30.4 Å². The van der Waals surface area contributed by atoms with E-state index in [0.717, 1.165) is 18.9 Å². The molecule has 17 heavy (non-hydrogen) atoms. The quantitative estimate of drug-likeness (QED) is 0.862. The summed E-state index contributed by atoms with van der Waals surface area (Å²) in [6, 6.07) is 8.97. The normalized spacial score (nSPS) is 22.9. The van der Waals surface area contributed by atoms with E-state index in [9.17, 15) is 0 Å². The molecule has 2 heteroatoms. The lowest BCUT2D eigenvalue weighted by Crippen LogP contribution is -2.17. The number of hydrogen-bond donors (Lipinski definition) is 1. The highest BCUT2D eigenvalue weighted by Gasteiger charge is 2.25. The van der Waals surface area contributed by atoms with Crippen LogP contribution in [0.2, 0.25) is 0 Å². The van der Waals surface area contributed by atoms with E-state index < -0.39 is 0 Å². The fraction of sp³-hybridized carbons (Fsp3) is 0.600. The molecule has 1 saturated heterocycles. The Bertz CT molecular complexity index is 362. The molecule has 2 atom stereocenters. The van der Waals surface area contributed by atoms with Crippen LogP contribution >= 0.6 is 0 Å². The zero-order chi connectivity index (χ0) is 12.3. The average Bonchev–Trinajstić information content (AvgIpc) is 2.76. The van der Waals surface area contributed by atoms with Crippen LogP contribution in [-0.4, -0.2) is 31.6 Å². The summed E-state index contributed by atoms with van der Waals surface area (Å²) in [6.45, 7) is 5.59. The van der Waals surface area contributed by atoms with Gasteiger partial charge in [0.2, 0.25) is 0 Å². The van der Waals surface area contributed by atoms with E-state index in [-0.39, 0.29) is 0 Å². The lowest BCUT2D eigenvalue weighted by atomic mass is 9.86. The van der Waals surface area contributed by atoms with Crippen molar-refractivity contribution in [2.45, 2.75) is 25.7 Å². The molecule has 1 aromatic rings. The van der Waals surface area contributed by atoms with Crippen LogP contribution in [0.25, 0.3) is 0 Å². The van der Waals surface area contributed by atoms with Gasteiger partial charge in [0, 0.05) is 6.54 Å². The minimum Gasteiger partial charge on any atom is -0.330 e. The highest BCUT2D eigenvalue weighted by Crippen LogP contribution is 2.31. The van der Waals surface area contributed by atoms with E-state index in [4.69, 9.17) is 5.73 Å². The van der Waals surface area contributed by atoms with Crippen LogP contribution in [-0.2, 0) is 6.42 Å². The van der Waals surface area contributed by atoms with E-state index >= 15 is 0 Å². The molecule has 0 bridgehead atoms. The van der Waals surface area contributed by atoms with Crippen molar-refractivity contribution in [3.05, 3.63) is 35.4 Å². The SMILES string of the molecule is CC(c1cccc(CCN)c1)C1CCN(C)C1. The monoisotopic (exact) mass is 232 g/mol. The van der Waals surface area contributed by atoms with Crippen molar-refractivity contribution in [2.24, 2.45) is 11.7 Å². The van der Waals surface area contributed by atoms with E-state index in [0.29, 0.717) is 5.92 Å². The van der Waals surface area contributed by atoms with Gasteiger partial charge in [0.25, 0.3) is 0 Å². The fourth-order valence-electron chi connectivity index (χ4n) is 2.85. The molecule has 0 saturated carbocycles. The second-order valence-corrected chi connectivity index (χ2v) is 5.38. The predicted molar refractivity (Wildman–Crippen MR) is 73.2 cm³/mol. The lowest BCUT2D eigenvalue weighted by Gasteiger charge is -2.20. The van der Waals surface area contributed by atoms with Crippen LogP contribution in [0.4, 0.5) is 0 Å². The molecular formula is C15H24N2. The summed E-state index contributed by atoms with van der Waals surface area (Å²) >= 11 is 0. The van der Waals surface area contributed by atoms with Gasteiger partial charge >= 0.3 is 0 Å². The van der Waals surface area contributed by atoms with Crippen molar-refractivity contribution in [3.63, 3.8) is 0 Å². The second-order valence-electron chi connectivity index (χ2n) is 5.38. The van der Waals surface area contributed by atoms with Crippen molar-refractivity contribution in [1.29, 1.82) is 0 Å². The Morgan fingerprint density at radius 1 is 1.47 bits per heavy atom. The molecule has 1 fully saturated rings. The summed E-state index contributed by atoms with van der Waals surface area (Å²) in [4.78, 5) is 2.44. The summed E-state index contributed by atoms with van der Waals surface area (Å²) < 4.78 is 0. The van der Waals surface area contributed by atoms with Crippen molar-refractivity contribution in [1.82, 2.24) is 4.90 Å². The molecule has 0 amide bonds. The van der Waals surface area contributed by atoms with E-state index in [1.54, 1.807) is 0 Å². The number of nitrogens with zero attached hydrogens (tertiary/aromatic N) is 1. The van der Waals surface area contributed by atoms with Crippen LogP contribution < -0.4 is 5.73 Å². The maximum Gasteiger partial charge on any atom is 0.00128 e.